The highest BCUT2D eigenvalue weighted by atomic mass is 19.1. The molecule has 1 aliphatic carbocycles. The van der Waals surface area contributed by atoms with Crippen LogP contribution in [0.15, 0.2) is 30.3 Å². The minimum Gasteiger partial charge on any atom is -0.444 e. The van der Waals surface area contributed by atoms with Gasteiger partial charge < -0.3 is 30.3 Å². The SMILES string of the molecule is CCC[C@H](NC(=O)[C@@H]1C[C@]2(C=C(c3ccc(F)cc3)NO2)CN1C(=O)[C@@H](NC(=O)O[C@H]1CCOC1)C(C)(C)C)C(=O)C(=O)NC1CC1. The van der Waals surface area contributed by atoms with Crippen LogP contribution in [0, 0.1) is 11.2 Å². The van der Waals surface area contributed by atoms with E-state index in [1.807, 2.05) is 6.92 Å². The highest BCUT2D eigenvalue weighted by Crippen LogP contribution is 2.39. The Kier molecular flexibility index (Phi) is 10.2. The van der Waals surface area contributed by atoms with Gasteiger partial charge in [0.2, 0.25) is 17.6 Å². The summed E-state index contributed by atoms with van der Waals surface area (Å²) in [6, 6.07) is 2.42. The average molecular weight is 658 g/mol. The first kappa shape index (κ1) is 34.3. The molecule has 4 N–H and O–H groups in total. The molecular formula is C33H44FN5O8. The number of carbonyl (C=O) groups excluding carboxylic acids is 5. The van der Waals surface area contributed by atoms with Gasteiger partial charge >= 0.3 is 6.09 Å². The van der Waals surface area contributed by atoms with Gasteiger partial charge in [0.25, 0.3) is 5.91 Å². The molecule has 0 aromatic heterocycles. The smallest absolute Gasteiger partial charge is 0.408 e. The fraction of sp³-hybridized carbons (Fsp3) is 0.606. The third-order valence-corrected chi connectivity index (χ3v) is 8.75. The third kappa shape index (κ3) is 8.28. The number of amides is 4. The fourth-order valence-corrected chi connectivity index (χ4v) is 5.99. The Morgan fingerprint density at radius 3 is 2.45 bits per heavy atom. The van der Waals surface area contributed by atoms with Gasteiger partial charge in [-0.25, -0.2) is 9.18 Å². The van der Waals surface area contributed by atoms with Crippen molar-refractivity contribution in [1.82, 2.24) is 26.3 Å². The molecule has 5 rings (SSSR count). The van der Waals surface area contributed by atoms with Gasteiger partial charge in [-0.2, -0.15) is 0 Å². The predicted octanol–water partition coefficient (Wildman–Crippen LogP) is 2.10. The van der Waals surface area contributed by atoms with Crippen molar-refractivity contribution >= 4 is 35.3 Å². The van der Waals surface area contributed by atoms with Crippen LogP contribution >= 0.6 is 0 Å². The first-order valence-corrected chi connectivity index (χ1v) is 16.2. The largest absolute Gasteiger partial charge is 0.444 e. The lowest BCUT2D eigenvalue weighted by Gasteiger charge is -2.35. The minimum atomic E-state index is -1.17. The second kappa shape index (κ2) is 14.0. The molecule has 1 spiro atoms. The van der Waals surface area contributed by atoms with E-state index in [4.69, 9.17) is 14.3 Å². The first-order chi connectivity index (χ1) is 22.3. The number of alkyl carbamates (subject to hydrolysis) is 1. The zero-order valence-corrected chi connectivity index (χ0v) is 27.2. The maximum Gasteiger partial charge on any atom is 0.408 e. The molecular weight excluding hydrogens is 613 g/mol. The monoisotopic (exact) mass is 657 g/mol. The van der Waals surface area contributed by atoms with E-state index in [1.165, 1.54) is 17.0 Å². The molecule has 47 heavy (non-hydrogen) atoms. The molecule has 256 valence electrons. The highest BCUT2D eigenvalue weighted by Gasteiger charge is 2.54. The summed E-state index contributed by atoms with van der Waals surface area (Å²) >= 11 is 0. The van der Waals surface area contributed by atoms with Crippen LogP contribution < -0.4 is 21.4 Å². The topological polar surface area (TPSA) is 164 Å². The summed E-state index contributed by atoms with van der Waals surface area (Å²) < 4.78 is 24.4. The van der Waals surface area contributed by atoms with Gasteiger partial charge in [0, 0.05) is 18.9 Å². The van der Waals surface area contributed by atoms with Crippen molar-refractivity contribution in [2.45, 2.75) is 102 Å². The maximum atomic E-state index is 14.4. The van der Waals surface area contributed by atoms with E-state index in [9.17, 15) is 28.4 Å². The Bertz CT molecular complexity index is 1400. The van der Waals surface area contributed by atoms with Gasteiger partial charge in [-0.3, -0.25) is 29.5 Å². The van der Waals surface area contributed by atoms with E-state index in [0.29, 0.717) is 30.7 Å². The number of rotatable bonds is 11. The van der Waals surface area contributed by atoms with Crippen molar-refractivity contribution in [1.29, 1.82) is 0 Å². The molecule has 3 heterocycles. The van der Waals surface area contributed by atoms with Crippen molar-refractivity contribution in [2.24, 2.45) is 5.41 Å². The van der Waals surface area contributed by atoms with Gasteiger partial charge in [0.15, 0.2) is 0 Å². The molecule has 4 aliphatic rings. The number of halogens is 1. The van der Waals surface area contributed by atoms with Crippen LogP contribution in [0.5, 0.6) is 0 Å². The summed E-state index contributed by atoms with van der Waals surface area (Å²) in [6.07, 6.45) is 3.43. The number of hydrogen-bond acceptors (Lipinski definition) is 9. The second-order valence-corrected chi connectivity index (χ2v) is 13.8. The molecule has 1 saturated carbocycles. The van der Waals surface area contributed by atoms with Crippen LogP contribution in [0.1, 0.15) is 71.8 Å². The Hall–Kier alpha value is -4.04. The zero-order valence-electron chi connectivity index (χ0n) is 27.2. The molecule has 4 amide bonds. The van der Waals surface area contributed by atoms with Crippen LogP contribution in [0.2, 0.25) is 0 Å². The number of benzene rings is 1. The Balaban J connectivity index is 1.41. The Labute approximate surface area is 273 Å². The molecule has 13 nitrogen and oxygen atoms in total. The van der Waals surface area contributed by atoms with Crippen molar-refractivity contribution in [3.05, 3.63) is 41.7 Å². The van der Waals surface area contributed by atoms with E-state index in [0.717, 1.165) is 12.8 Å². The molecule has 5 atom stereocenters. The summed E-state index contributed by atoms with van der Waals surface area (Å²) in [5.74, 6) is -3.08. The van der Waals surface area contributed by atoms with Gasteiger partial charge in [-0.1, -0.05) is 34.1 Å². The van der Waals surface area contributed by atoms with Gasteiger partial charge in [0.05, 0.1) is 31.5 Å². The van der Waals surface area contributed by atoms with E-state index >= 15 is 0 Å². The molecule has 2 saturated heterocycles. The van der Waals surface area contributed by atoms with Gasteiger partial charge in [-0.15, -0.1) is 0 Å². The molecule has 3 fully saturated rings. The minimum absolute atomic E-state index is 0.00426. The number of Topliss-reactive ketones (excluding diaryl/α,β-unsaturated/α-hetero) is 1. The third-order valence-electron chi connectivity index (χ3n) is 8.75. The average Bonchev–Trinajstić information content (AvgIpc) is 3.37. The van der Waals surface area contributed by atoms with Gasteiger partial charge in [0.1, 0.15) is 29.6 Å². The second-order valence-electron chi connectivity index (χ2n) is 13.8. The van der Waals surface area contributed by atoms with Crippen LogP contribution in [0.3, 0.4) is 0 Å². The van der Waals surface area contributed by atoms with E-state index < -0.39 is 70.7 Å². The lowest BCUT2D eigenvalue weighted by Crippen LogP contribution is -2.59. The van der Waals surface area contributed by atoms with Crippen LogP contribution in [-0.2, 0) is 33.5 Å². The van der Waals surface area contributed by atoms with Crippen molar-refractivity contribution in [3.63, 3.8) is 0 Å². The summed E-state index contributed by atoms with van der Waals surface area (Å²) in [7, 11) is 0. The van der Waals surface area contributed by atoms with Crippen molar-refractivity contribution < 1.29 is 42.7 Å². The molecule has 1 aromatic rings. The van der Waals surface area contributed by atoms with Crippen LogP contribution in [0.25, 0.3) is 5.70 Å². The number of likely N-dealkylation sites (tertiary alicyclic amines) is 1. The van der Waals surface area contributed by atoms with E-state index in [2.05, 4.69) is 21.4 Å². The van der Waals surface area contributed by atoms with E-state index in [1.54, 1.807) is 39.0 Å². The maximum absolute atomic E-state index is 14.4. The molecule has 0 unspecified atom stereocenters. The standard InChI is InChI=1S/C33H44FN5O8/c1-5-6-23(26(40)29(42)35-21-11-12-21)36-28(41)25-16-33(15-24(38-47-33)19-7-9-20(34)10-8-19)18-39(25)30(43)27(32(2,3)4)37-31(44)46-22-13-14-45-17-22/h7-10,15,21-23,25,27,38H,5-6,11-14,16-18H2,1-4H3,(H,35,42)(H,36,41)(H,37,44)/t22-,23-,25-,27+,33+/m0/s1. The highest BCUT2D eigenvalue weighted by molar-refractivity contribution is 6.38. The Morgan fingerprint density at radius 1 is 1.11 bits per heavy atom. The number of hydrogen-bond donors (Lipinski definition) is 4. The lowest BCUT2D eigenvalue weighted by atomic mass is 9.85. The summed E-state index contributed by atoms with van der Waals surface area (Å²) in [6.45, 7) is 7.84. The van der Waals surface area contributed by atoms with Crippen LogP contribution in [-0.4, -0.2) is 90.1 Å². The lowest BCUT2D eigenvalue weighted by molar-refractivity contribution is -0.144. The summed E-state index contributed by atoms with van der Waals surface area (Å²) in [4.78, 5) is 74.4. The number of nitrogens with one attached hydrogen (secondary N) is 4. The van der Waals surface area contributed by atoms with Gasteiger partial charge in [-0.05, 0) is 60.6 Å². The number of carbonyl (C=O) groups is 5. The van der Waals surface area contributed by atoms with Crippen molar-refractivity contribution in [2.75, 3.05) is 19.8 Å². The number of ether oxygens (including phenoxy) is 2. The quantitative estimate of drug-likeness (QED) is 0.261. The normalized spacial score (nSPS) is 25.0. The first-order valence-electron chi connectivity index (χ1n) is 16.2. The molecule has 0 bridgehead atoms. The summed E-state index contributed by atoms with van der Waals surface area (Å²) in [5.41, 5.74) is 2.05. The number of ketones is 1. The summed E-state index contributed by atoms with van der Waals surface area (Å²) in [5, 5.41) is 8.11. The van der Waals surface area contributed by atoms with Crippen molar-refractivity contribution in [3.8, 4) is 0 Å². The molecule has 3 aliphatic heterocycles. The fourth-order valence-electron chi connectivity index (χ4n) is 5.99. The molecule has 0 radical (unpaired) electrons. The molecule has 1 aromatic carbocycles. The van der Waals surface area contributed by atoms with E-state index in [-0.39, 0.29) is 32.0 Å². The zero-order chi connectivity index (χ0) is 33.9. The predicted molar refractivity (Wildman–Crippen MR) is 167 cm³/mol. The Morgan fingerprint density at radius 2 is 1.83 bits per heavy atom. The number of hydroxylamine groups is 1. The number of nitrogens with zero attached hydrogens (tertiary/aromatic N) is 1. The molecule has 14 heteroatoms. The van der Waals surface area contributed by atoms with Crippen LogP contribution in [0.4, 0.5) is 9.18 Å².